The Morgan fingerprint density at radius 2 is 1.88 bits per heavy atom. The maximum atomic E-state index is 5.89. The molecule has 2 N–H and O–H groups in total. The van der Waals surface area contributed by atoms with Crippen LogP contribution in [0.15, 0.2) is 24.3 Å². The predicted molar refractivity (Wildman–Crippen MR) is 65.4 cm³/mol. The van der Waals surface area contributed by atoms with E-state index in [-0.39, 0.29) is 0 Å². The number of hydrogen-bond acceptors (Lipinski definition) is 4. The van der Waals surface area contributed by atoms with E-state index in [2.05, 4.69) is 5.10 Å². The summed E-state index contributed by atoms with van der Waals surface area (Å²) in [6.07, 6.45) is 0. The van der Waals surface area contributed by atoms with Crippen LogP contribution in [0, 0.1) is 6.92 Å². The summed E-state index contributed by atoms with van der Waals surface area (Å²) < 4.78 is 12.6. The number of anilines is 1. The molecule has 1 aromatic carbocycles. The number of benzene rings is 1. The molecule has 0 unspecified atom stereocenters. The largest absolute Gasteiger partial charge is 0.493 e. The van der Waals surface area contributed by atoms with Crippen LogP contribution in [0.25, 0.3) is 0 Å². The van der Waals surface area contributed by atoms with E-state index in [0.29, 0.717) is 23.1 Å². The highest BCUT2D eigenvalue weighted by Crippen LogP contribution is 2.34. The number of hydrogen-bond donors (Lipinski definition) is 1. The number of ether oxygens (including phenoxy) is 2. The summed E-state index contributed by atoms with van der Waals surface area (Å²) in [5, 5.41) is 4.19. The van der Waals surface area contributed by atoms with Gasteiger partial charge in [0.15, 0.2) is 11.5 Å². The molecule has 0 aliphatic heterocycles. The fourth-order valence-electron chi connectivity index (χ4n) is 1.58. The van der Waals surface area contributed by atoms with Crippen LogP contribution in [0.3, 0.4) is 0 Å². The second-order valence-corrected chi connectivity index (χ2v) is 3.68. The van der Waals surface area contributed by atoms with Crippen molar-refractivity contribution in [3.05, 3.63) is 30.0 Å². The molecule has 0 saturated carbocycles. The maximum absolute atomic E-state index is 5.89. The Balaban J connectivity index is 2.38. The number of rotatable bonds is 3. The fraction of sp³-hybridized carbons (Fsp3) is 0.250. The Morgan fingerprint density at radius 3 is 2.41 bits per heavy atom. The van der Waals surface area contributed by atoms with Gasteiger partial charge in [-0.3, -0.25) is 0 Å². The molecule has 0 atom stereocenters. The summed E-state index contributed by atoms with van der Waals surface area (Å²) in [6.45, 7) is 1.84. The molecule has 0 spiro atoms. The third kappa shape index (κ3) is 2.04. The van der Waals surface area contributed by atoms with Gasteiger partial charge in [0.25, 0.3) is 0 Å². The molecule has 0 saturated heterocycles. The minimum absolute atomic E-state index is 0.520. The molecule has 5 heteroatoms. The van der Waals surface area contributed by atoms with Crippen molar-refractivity contribution < 1.29 is 9.47 Å². The highest BCUT2D eigenvalue weighted by Gasteiger charge is 2.14. The number of nitrogen functional groups attached to an aromatic ring is 1. The summed E-state index contributed by atoms with van der Waals surface area (Å²) in [6, 6.07) is 7.40. The molecule has 5 nitrogen and oxygen atoms in total. The number of para-hydroxylation sites is 2. The second-order valence-electron chi connectivity index (χ2n) is 3.68. The van der Waals surface area contributed by atoms with Gasteiger partial charge in [0, 0.05) is 7.05 Å². The SMILES string of the molecule is COc1ccccc1Oc1c(N)c(C)nn1C. The van der Waals surface area contributed by atoms with E-state index in [0.717, 1.165) is 5.69 Å². The van der Waals surface area contributed by atoms with E-state index in [1.807, 2.05) is 31.2 Å². The van der Waals surface area contributed by atoms with Gasteiger partial charge >= 0.3 is 0 Å². The highest BCUT2D eigenvalue weighted by atomic mass is 16.5. The van der Waals surface area contributed by atoms with Crippen molar-refractivity contribution in [3.8, 4) is 17.4 Å². The summed E-state index contributed by atoms with van der Waals surface area (Å²) in [4.78, 5) is 0. The number of methoxy groups -OCH3 is 1. The Kier molecular flexibility index (Phi) is 2.91. The molecular formula is C12H15N3O2. The first-order valence-electron chi connectivity index (χ1n) is 5.23. The summed E-state index contributed by atoms with van der Waals surface area (Å²) in [7, 11) is 3.38. The van der Waals surface area contributed by atoms with Crippen LogP contribution in [0.5, 0.6) is 17.4 Å². The number of aromatic nitrogens is 2. The minimum atomic E-state index is 0.520. The molecule has 0 bridgehead atoms. The van der Waals surface area contributed by atoms with Gasteiger partial charge < -0.3 is 15.2 Å². The van der Waals surface area contributed by atoms with Crippen molar-refractivity contribution in [1.29, 1.82) is 0 Å². The average molecular weight is 233 g/mol. The van der Waals surface area contributed by atoms with Gasteiger partial charge in [0.2, 0.25) is 5.88 Å². The zero-order valence-electron chi connectivity index (χ0n) is 10.1. The lowest BCUT2D eigenvalue weighted by atomic mass is 10.3. The van der Waals surface area contributed by atoms with Crippen LogP contribution < -0.4 is 15.2 Å². The first-order chi connectivity index (χ1) is 8.13. The molecule has 0 aliphatic carbocycles. The molecule has 0 fully saturated rings. The van der Waals surface area contributed by atoms with E-state index in [1.54, 1.807) is 18.8 Å². The Hall–Kier alpha value is -2.17. The number of nitrogens with zero attached hydrogens (tertiary/aromatic N) is 2. The molecule has 0 amide bonds. The van der Waals surface area contributed by atoms with Crippen LogP contribution in [0.4, 0.5) is 5.69 Å². The van der Waals surface area contributed by atoms with Gasteiger partial charge in [0.1, 0.15) is 5.69 Å². The molecule has 0 aliphatic rings. The first-order valence-corrected chi connectivity index (χ1v) is 5.23. The van der Waals surface area contributed by atoms with Gasteiger partial charge in [-0.2, -0.15) is 5.10 Å². The van der Waals surface area contributed by atoms with Crippen LogP contribution in [-0.2, 0) is 7.05 Å². The lowest BCUT2D eigenvalue weighted by Gasteiger charge is -2.10. The molecule has 17 heavy (non-hydrogen) atoms. The van der Waals surface area contributed by atoms with E-state index >= 15 is 0 Å². The number of aryl methyl sites for hydroxylation is 2. The Labute approximate surface area is 99.8 Å². The molecular weight excluding hydrogens is 218 g/mol. The van der Waals surface area contributed by atoms with Gasteiger partial charge in [-0.15, -0.1) is 0 Å². The molecule has 0 radical (unpaired) electrons. The summed E-state index contributed by atoms with van der Waals surface area (Å²) >= 11 is 0. The second kappa shape index (κ2) is 4.37. The van der Waals surface area contributed by atoms with Crippen LogP contribution >= 0.6 is 0 Å². The monoisotopic (exact) mass is 233 g/mol. The van der Waals surface area contributed by atoms with Crippen molar-refractivity contribution >= 4 is 5.69 Å². The normalized spacial score (nSPS) is 10.3. The zero-order valence-corrected chi connectivity index (χ0v) is 10.1. The van der Waals surface area contributed by atoms with Crippen molar-refractivity contribution in [2.75, 3.05) is 12.8 Å². The minimum Gasteiger partial charge on any atom is -0.493 e. The van der Waals surface area contributed by atoms with E-state index in [4.69, 9.17) is 15.2 Å². The van der Waals surface area contributed by atoms with Crippen LogP contribution in [-0.4, -0.2) is 16.9 Å². The van der Waals surface area contributed by atoms with Crippen LogP contribution in [0.1, 0.15) is 5.69 Å². The topological polar surface area (TPSA) is 62.3 Å². The summed E-state index contributed by atoms with van der Waals surface area (Å²) in [5.41, 5.74) is 7.18. The van der Waals surface area contributed by atoms with E-state index in [9.17, 15) is 0 Å². The van der Waals surface area contributed by atoms with Gasteiger partial charge in [-0.1, -0.05) is 12.1 Å². The lowest BCUT2D eigenvalue weighted by molar-refractivity contribution is 0.366. The van der Waals surface area contributed by atoms with Crippen molar-refractivity contribution in [2.24, 2.45) is 7.05 Å². The van der Waals surface area contributed by atoms with Gasteiger partial charge in [-0.25, -0.2) is 4.68 Å². The molecule has 2 aromatic rings. The smallest absolute Gasteiger partial charge is 0.241 e. The van der Waals surface area contributed by atoms with E-state index < -0.39 is 0 Å². The van der Waals surface area contributed by atoms with Gasteiger partial charge in [0.05, 0.1) is 12.8 Å². The van der Waals surface area contributed by atoms with Gasteiger partial charge in [-0.05, 0) is 19.1 Å². The molecule has 1 heterocycles. The molecule has 90 valence electrons. The van der Waals surface area contributed by atoms with Crippen LogP contribution in [0.2, 0.25) is 0 Å². The standard InChI is InChI=1S/C12H15N3O2/c1-8-11(13)12(15(2)14-8)17-10-7-5-4-6-9(10)16-3/h4-7H,13H2,1-3H3. The summed E-state index contributed by atoms with van der Waals surface area (Å²) in [5.74, 6) is 1.79. The number of nitrogens with two attached hydrogens (primary N) is 1. The fourth-order valence-corrected chi connectivity index (χ4v) is 1.58. The zero-order chi connectivity index (χ0) is 12.4. The van der Waals surface area contributed by atoms with E-state index in [1.165, 1.54) is 0 Å². The first kappa shape index (κ1) is 11.3. The third-order valence-corrected chi connectivity index (χ3v) is 2.49. The lowest BCUT2D eigenvalue weighted by Crippen LogP contribution is -1.98. The van der Waals surface area contributed by atoms with Crippen molar-refractivity contribution in [1.82, 2.24) is 9.78 Å². The predicted octanol–water partition coefficient (Wildman–Crippen LogP) is 2.11. The molecule has 2 rings (SSSR count). The van der Waals surface area contributed by atoms with Crippen molar-refractivity contribution in [2.45, 2.75) is 6.92 Å². The Morgan fingerprint density at radius 1 is 1.24 bits per heavy atom. The maximum Gasteiger partial charge on any atom is 0.241 e. The Bertz CT molecular complexity index is 535. The highest BCUT2D eigenvalue weighted by molar-refractivity contribution is 5.55. The molecule has 1 aromatic heterocycles. The quantitative estimate of drug-likeness (QED) is 0.882. The third-order valence-electron chi connectivity index (χ3n) is 2.49. The van der Waals surface area contributed by atoms with Crippen molar-refractivity contribution in [3.63, 3.8) is 0 Å². The average Bonchev–Trinajstić information content (AvgIpc) is 2.57.